The molecule has 3 heterocycles. The van der Waals surface area contributed by atoms with Crippen LogP contribution in [0.3, 0.4) is 0 Å². The molecule has 1 aliphatic heterocycles. The molecule has 4 N–H and O–H groups in total. The van der Waals surface area contributed by atoms with Crippen LogP contribution in [-0.4, -0.2) is 115 Å². The van der Waals surface area contributed by atoms with Gasteiger partial charge in [0.05, 0.1) is 56.6 Å². The van der Waals surface area contributed by atoms with Crippen molar-refractivity contribution >= 4 is 29.6 Å². The summed E-state index contributed by atoms with van der Waals surface area (Å²) in [7, 11) is 1.64. The summed E-state index contributed by atoms with van der Waals surface area (Å²) in [4.78, 5) is 11.7. The van der Waals surface area contributed by atoms with E-state index in [1.54, 1.807) is 25.6 Å². The van der Waals surface area contributed by atoms with E-state index in [1.807, 2.05) is 29.9 Å². The van der Waals surface area contributed by atoms with Gasteiger partial charge in [-0.15, -0.1) is 5.10 Å². The summed E-state index contributed by atoms with van der Waals surface area (Å²) in [5, 5.41) is 17.3. The van der Waals surface area contributed by atoms with E-state index >= 15 is 0 Å². The Morgan fingerprint density at radius 3 is 2.54 bits per heavy atom. The molecule has 1 aromatic carbocycles. The minimum atomic E-state index is -0.330. The molecule has 0 radical (unpaired) electrons. The van der Waals surface area contributed by atoms with Gasteiger partial charge in [-0.3, -0.25) is 15.0 Å². The number of benzene rings is 1. The quantitative estimate of drug-likeness (QED) is 0.0566. The topological polar surface area (TPSA) is 172 Å². The summed E-state index contributed by atoms with van der Waals surface area (Å²) in [6.45, 7) is 7.60. The van der Waals surface area contributed by atoms with Gasteiger partial charge in [-0.1, -0.05) is 17.7 Å². The Morgan fingerprint density at radius 2 is 1.83 bits per heavy atom. The molecular formula is C32H46ClN10O5-. The van der Waals surface area contributed by atoms with Crippen LogP contribution in [0.5, 0.6) is 11.6 Å². The lowest BCUT2D eigenvalue weighted by atomic mass is 9.90. The number of rotatable bonds is 18. The molecule has 0 unspecified atom stereocenters. The molecule has 3 aromatic rings. The summed E-state index contributed by atoms with van der Waals surface area (Å²) in [6, 6.07) is 6.35. The first-order valence-corrected chi connectivity index (χ1v) is 16.7. The van der Waals surface area contributed by atoms with Gasteiger partial charge in [0, 0.05) is 50.7 Å². The molecule has 5 rings (SSSR count). The molecule has 1 saturated heterocycles. The predicted octanol–water partition coefficient (Wildman–Crippen LogP) is 4.43. The Balaban J connectivity index is 1.25. The largest absolute Gasteiger partial charge is 0.506 e. The molecule has 16 heteroatoms. The molecule has 1 atom stereocenters. The molecule has 1 saturated carbocycles. The zero-order chi connectivity index (χ0) is 33.7. The zero-order valence-corrected chi connectivity index (χ0v) is 28.3. The summed E-state index contributed by atoms with van der Waals surface area (Å²) in [6.07, 6.45) is 10.5. The van der Waals surface area contributed by atoms with Crippen molar-refractivity contribution in [1.29, 1.82) is 5.41 Å². The standard InChI is InChI=1S/C32H46ClN10O5/c1-23(20-42(22-34)40-35)48-30-17-24(3-8-28(30)33)25-18-36-32(37-19-25)38-29-21-43(39-31(29)47-16-15-46-14-13-44-2)27-6-4-26(5-7-27)41-9-11-45-12-10-41/h3,8,17-19,21-23,26-27,34H,4-7,9-16,20,35H2,1-2H3,(H,36,37,38)/q-1/t23-,26?,27?/m0/s1. The SMILES string of the molecule is COCCOCCOc1nn(C2CCC(N3CCOCC3)CC2)cc1Nc1ncc(-c2ccc(Cl)c(O[C@@H](C)CN(C=N)[N-]N)c2)cn1. The van der Waals surface area contributed by atoms with Crippen molar-refractivity contribution in [3.05, 3.63) is 47.3 Å². The summed E-state index contributed by atoms with van der Waals surface area (Å²) in [5.41, 5.74) is 5.82. The van der Waals surface area contributed by atoms with Gasteiger partial charge in [0.2, 0.25) is 5.95 Å². The molecule has 0 amide bonds. The fourth-order valence-electron chi connectivity index (χ4n) is 5.91. The van der Waals surface area contributed by atoms with Gasteiger partial charge < -0.3 is 45.4 Å². The van der Waals surface area contributed by atoms with Gasteiger partial charge in [0.15, 0.2) is 0 Å². The van der Waals surface area contributed by atoms with E-state index < -0.39 is 0 Å². The maximum absolute atomic E-state index is 7.37. The van der Waals surface area contributed by atoms with Crippen LogP contribution in [0, 0.1) is 5.41 Å². The fraction of sp³-hybridized carbons (Fsp3) is 0.562. The first-order chi connectivity index (χ1) is 23.5. The van der Waals surface area contributed by atoms with E-state index in [1.165, 1.54) is 5.01 Å². The van der Waals surface area contributed by atoms with Gasteiger partial charge in [0.1, 0.15) is 24.1 Å². The molecule has 0 bridgehead atoms. The number of aromatic nitrogens is 4. The maximum atomic E-state index is 7.37. The first-order valence-electron chi connectivity index (χ1n) is 16.3. The van der Waals surface area contributed by atoms with E-state index in [0.717, 1.165) is 69.5 Å². The van der Waals surface area contributed by atoms with E-state index in [4.69, 9.17) is 51.6 Å². The van der Waals surface area contributed by atoms with Crippen molar-refractivity contribution in [3.63, 3.8) is 0 Å². The van der Waals surface area contributed by atoms with Crippen LogP contribution in [0.2, 0.25) is 5.02 Å². The highest BCUT2D eigenvalue weighted by Gasteiger charge is 2.29. The highest BCUT2D eigenvalue weighted by Crippen LogP contribution is 2.35. The van der Waals surface area contributed by atoms with Crippen LogP contribution < -0.4 is 20.6 Å². The fourth-order valence-corrected chi connectivity index (χ4v) is 6.07. The molecule has 2 aromatic heterocycles. The van der Waals surface area contributed by atoms with Crippen molar-refractivity contribution in [2.75, 3.05) is 71.7 Å². The number of nitrogens with zero attached hydrogens (tertiary/aromatic N) is 7. The third kappa shape index (κ3) is 9.98. The smallest absolute Gasteiger partial charge is 0.257 e. The molecule has 15 nitrogen and oxygen atoms in total. The monoisotopic (exact) mass is 685 g/mol. The van der Waals surface area contributed by atoms with Crippen molar-refractivity contribution in [3.8, 4) is 22.8 Å². The second-order valence-electron chi connectivity index (χ2n) is 11.8. The number of hydrogen-bond acceptors (Lipinski definition) is 12. The van der Waals surface area contributed by atoms with E-state index in [9.17, 15) is 0 Å². The third-order valence-corrected chi connectivity index (χ3v) is 8.74. The normalized spacial score (nSPS) is 19.1. The number of morpholine rings is 1. The number of anilines is 2. The van der Waals surface area contributed by atoms with Crippen LogP contribution in [-0.2, 0) is 14.2 Å². The Hall–Kier alpha value is -3.57. The van der Waals surface area contributed by atoms with Gasteiger partial charge in [0.25, 0.3) is 5.88 Å². The number of nitrogens with one attached hydrogen (secondary N) is 2. The molecule has 48 heavy (non-hydrogen) atoms. The van der Waals surface area contributed by atoms with Gasteiger partial charge in [-0.25, -0.2) is 9.97 Å². The zero-order valence-electron chi connectivity index (χ0n) is 27.6. The lowest BCUT2D eigenvalue weighted by molar-refractivity contribution is 0.00501. The second kappa shape index (κ2) is 18.3. The number of ether oxygens (including phenoxy) is 5. The van der Waals surface area contributed by atoms with Crippen LogP contribution in [0.15, 0.2) is 36.8 Å². The first kappa shape index (κ1) is 35.7. The van der Waals surface area contributed by atoms with Gasteiger partial charge in [-0.2, -0.15) is 0 Å². The van der Waals surface area contributed by atoms with Crippen LogP contribution in [0.25, 0.3) is 16.7 Å². The molecule has 262 valence electrons. The number of nitrogens with two attached hydrogens (primary N) is 1. The number of hydrogen-bond donors (Lipinski definition) is 3. The van der Waals surface area contributed by atoms with Crippen LogP contribution in [0.4, 0.5) is 11.6 Å². The van der Waals surface area contributed by atoms with Crippen LogP contribution >= 0.6 is 11.6 Å². The molecular weight excluding hydrogens is 640 g/mol. The van der Waals surface area contributed by atoms with E-state index in [2.05, 4.69) is 25.7 Å². The Morgan fingerprint density at radius 1 is 1.10 bits per heavy atom. The highest BCUT2D eigenvalue weighted by molar-refractivity contribution is 6.32. The van der Waals surface area contributed by atoms with Crippen molar-refractivity contribution in [1.82, 2.24) is 29.7 Å². The summed E-state index contributed by atoms with van der Waals surface area (Å²) < 4.78 is 30.3. The average Bonchev–Trinajstić information content (AvgIpc) is 3.52. The van der Waals surface area contributed by atoms with Gasteiger partial charge >= 0.3 is 0 Å². The number of halogens is 1. The van der Waals surface area contributed by atoms with E-state index in [0.29, 0.717) is 67.3 Å². The predicted molar refractivity (Wildman–Crippen MR) is 183 cm³/mol. The lowest BCUT2D eigenvalue weighted by Crippen LogP contribution is -2.45. The highest BCUT2D eigenvalue weighted by atomic mass is 35.5. The van der Waals surface area contributed by atoms with Gasteiger partial charge in [-0.05, 0) is 50.3 Å². The maximum Gasteiger partial charge on any atom is 0.257 e. The number of methoxy groups -OCH3 is 1. The van der Waals surface area contributed by atoms with Crippen molar-refractivity contribution < 1.29 is 23.7 Å². The third-order valence-electron chi connectivity index (χ3n) is 8.43. The Labute approximate surface area is 286 Å². The average molecular weight is 686 g/mol. The molecule has 2 fully saturated rings. The Kier molecular flexibility index (Phi) is 13.6. The van der Waals surface area contributed by atoms with E-state index in [-0.39, 0.29) is 12.1 Å². The molecule has 0 spiro atoms. The molecule has 2 aliphatic rings. The minimum Gasteiger partial charge on any atom is -0.506 e. The Bertz CT molecular complexity index is 1420. The van der Waals surface area contributed by atoms with Crippen molar-refractivity contribution in [2.24, 2.45) is 5.84 Å². The minimum absolute atomic E-state index is 0.281. The lowest BCUT2D eigenvalue weighted by Gasteiger charge is -2.38. The summed E-state index contributed by atoms with van der Waals surface area (Å²) in [5.74, 6) is 6.68. The second-order valence-corrected chi connectivity index (χ2v) is 12.2. The summed E-state index contributed by atoms with van der Waals surface area (Å²) >= 11 is 6.42. The molecule has 1 aliphatic carbocycles. The van der Waals surface area contributed by atoms with Crippen LogP contribution in [0.1, 0.15) is 38.6 Å². The van der Waals surface area contributed by atoms with Crippen molar-refractivity contribution in [2.45, 2.75) is 50.8 Å².